The number of fused-ring (bicyclic) bond motifs is 1. The summed E-state index contributed by atoms with van der Waals surface area (Å²) in [6.07, 6.45) is 0. The van der Waals surface area contributed by atoms with Crippen LogP contribution in [0.3, 0.4) is 0 Å². The summed E-state index contributed by atoms with van der Waals surface area (Å²) in [6.45, 7) is 2.91. The van der Waals surface area contributed by atoms with Crippen molar-refractivity contribution in [2.45, 2.75) is 13.5 Å². The van der Waals surface area contributed by atoms with Gasteiger partial charge in [-0.3, -0.25) is 9.36 Å². The number of methoxy groups -OCH3 is 2. The molecule has 4 rings (SSSR count). The Morgan fingerprint density at radius 2 is 1.86 bits per heavy atom. The van der Waals surface area contributed by atoms with Gasteiger partial charge in [-0.25, -0.2) is 4.98 Å². The molecule has 0 bridgehead atoms. The van der Waals surface area contributed by atoms with Crippen molar-refractivity contribution in [1.29, 1.82) is 0 Å². The summed E-state index contributed by atoms with van der Waals surface area (Å²) in [4.78, 5) is 19.2. The quantitative estimate of drug-likeness (QED) is 0.463. The average Bonchev–Trinajstić information content (AvgIpc) is 3.17. The standard InChI is InChI=1S/C23H22N2O3S/c1-15-6-4-8-17(12-15)21-24-22-20(23(26)25(21)10-11-27-2)19(14-29-22)16-7-5-9-18(13-16)28-3/h4-9,12-14H,10-11H2,1-3H3. The molecule has 0 aliphatic carbocycles. The van der Waals surface area contributed by atoms with Crippen molar-refractivity contribution in [3.8, 4) is 28.3 Å². The van der Waals surface area contributed by atoms with Crippen molar-refractivity contribution in [3.63, 3.8) is 0 Å². The fraction of sp³-hybridized carbons (Fsp3) is 0.217. The zero-order valence-electron chi connectivity index (χ0n) is 16.6. The Balaban J connectivity index is 1.96. The van der Waals surface area contributed by atoms with Crippen molar-refractivity contribution >= 4 is 21.6 Å². The van der Waals surface area contributed by atoms with E-state index in [9.17, 15) is 4.79 Å². The Kier molecular flexibility index (Phi) is 5.47. The highest BCUT2D eigenvalue weighted by atomic mass is 32.1. The van der Waals surface area contributed by atoms with Gasteiger partial charge in [0.2, 0.25) is 0 Å². The first-order valence-corrected chi connectivity index (χ1v) is 10.2. The van der Waals surface area contributed by atoms with Crippen LogP contribution in [0, 0.1) is 6.92 Å². The summed E-state index contributed by atoms with van der Waals surface area (Å²) in [5.41, 5.74) is 3.82. The van der Waals surface area contributed by atoms with Crippen LogP contribution in [0.2, 0.25) is 0 Å². The molecule has 29 heavy (non-hydrogen) atoms. The van der Waals surface area contributed by atoms with Crippen molar-refractivity contribution in [2.24, 2.45) is 0 Å². The average molecular weight is 407 g/mol. The lowest BCUT2D eigenvalue weighted by atomic mass is 10.1. The molecular formula is C23H22N2O3S. The van der Waals surface area contributed by atoms with Gasteiger partial charge in [-0.1, -0.05) is 35.9 Å². The highest BCUT2D eigenvalue weighted by Gasteiger charge is 2.18. The van der Waals surface area contributed by atoms with Crippen LogP contribution in [-0.2, 0) is 11.3 Å². The second-order valence-electron chi connectivity index (χ2n) is 6.82. The molecule has 0 atom stereocenters. The summed E-state index contributed by atoms with van der Waals surface area (Å²) in [7, 11) is 3.27. The Hall–Kier alpha value is -2.96. The number of hydrogen-bond acceptors (Lipinski definition) is 5. The van der Waals surface area contributed by atoms with Gasteiger partial charge in [0.25, 0.3) is 5.56 Å². The van der Waals surface area contributed by atoms with E-state index in [2.05, 4.69) is 0 Å². The summed E-state index contributed by atoms with van der Waals surface area (Å²) in [5, 5.41) is 2.63. The lowest BCUT2D eigenvalue weighted by molar-refractivity contribution is 0.186. The number of aryl methyl sites for hydroxylation is 1. The molecule has 0 spiro atoms. The van der Waals surface area contributed by atoms with Gasteiger partial charge in [0.05, 0.1) is 25.6 Å². The molecule has 6 heteroatoms. The Labute approximate surface area is 173 Å². The summed E-state index contributed by atoms with van der Waals surface area (Å²) >= 11 is 1.49. The first kappa shape index (κ1) is 19.4. The largest absolute Gasteiger partial charge is 0.497 e. The van der Waals surface area contributed by atoms with E-state index in [-0.39, 0.29) is 5.56 Å². The molecule has 5 nitrogen and oxygen atoms in total. The van der Waals surface area contributed by atoms with Gasteiger partial charge < -0.3 is 9.47 Å². The molecule has 4 aromatic rings. The van der Waals surface area contributed by atoms with Crippen LogP contribution in [0.1, 0.15) is 5.56 Å². The Morgan fingerprint density at radius 3 is 2.62 bits per heavy atom. The lowest BCUT2D eigenvalue weighted by Gasteiger charge is -2.13. The third kappa shape index (κ3) is 3.69. The van der Waals surface area contributed by atoms with E-state index in [1.54, 1.807) is 18.8 Å². The molecule has 148 valence electrons. The molecule has 0 amide bonds. The van der Waals surface area contributed by atoms with Crippen LogP contribution in [0.5, 0.6) is 5.75 Å². The number of aromatic nitrogens is 2. The zero-order chi connectivity index (χ0) is 20.4. The second-order valence-corrected chi connectivity index (χ2v) is 7.67. The van der Waals surface area contributed by atoms with E-state index in [0.29, 0.717) is 24.4 Å². The summed E-state index contributed by atoms with van der Waals surface area (Å²) in [6, 6.07) is 15.8. The predicted octanol–water partition coefficient (Wildman–Crippen LogP) is 4.76. The van der Waals surface area contributed by atoms with Crippen LogP contribution in [-0.4, -0.2) is 30.4 Å². The molecule has 0 fully saturated rings. The van der Waals surface area contributed by atoms with Gasteiger partial charge in [0, 0.05) is 23.6 Å². The molecule has 2 heterocycles. The molecule has 0 N–H and O–H groups in total. The van der Waals surface area contributed by atoms with Crippen LogP contribution in [0.4, 0.5) is 0 Å². The number of ether oxygens (including phenoxy) is 2. The van der Waals surface area contributed by atoms with Crippen molar-refractivity contribution in [1.82, 2.24) is 9.55 Å². The van der Waals surface area contributed by atoms with Crippen LogP contribution in [0.25, 0.3) is 32.7 Å². The highest BCUT2D eigenvalue weighted by Crippen LogP contribution is 2.33. The fourth-order valence-electron chi connectivity index (χ4n) is 3.42. The third-order valence-electron chi connectivity index (χ3n) is 4.87. The van der Waals surface area contributed by atoms with E-state index < -0.39 is 0 Å². The van der Waals surface area contributed by atoms with Gasteiger partial charge in [0.1, 0.15) is 16.4 Å². The number of nitrogens with zero attached hydrogens (tertiary/aromatic N) is 2. The number of rotatable bonds is 6. The van der Waals surface area contributed by atoms with Gasteiger partial charge in [0.15, 0.2) is 0 Å². The Bertz CT molecular complexity index is 1230. The highest BCUT2D eigenvalue weighted by molar-refractivity contribution is 7.17. The fourth-order valence-corrected chi connectivity index (χ4v) is 4.36. The minimum atomic E-state index is -0.0531. The van der Waals surface area contributed by atoms with Crippen molar-refractivity contribution < 1.29 is 9.47 Å². The van der Waals surface area contributed by atoms with Gasteiger partial charge in [-0.2, -0.15) is 0 Å². The van der Waals surface area contributed by atoms with Crippen molar-refractivity contribution in [2.75, 3.05) is 20.8 Å². The van der Waals surface area contributed by atoms with Gasteiger partial charge in [-0.15, -0.1) is 11.3 Å². The minimum absolute atomic E-state index is 0.0531. The molecule has 0 saturated heterocycles. The SMILES string of the molecule is COCCn1c(-c2cccc(C)c2)nc2scc(-c3cccc(OC)c3)c2c1=O. The number of thiophene rings is 1. The molecule has 0 radical (unpaired) electrons. The van der Waals surface area contributed by atoms with Crippen LogP contribution < -0.4 is 10.3 Å². The molecule has 0 unspecified atom stereocenters. The van der Waals surface area contributed by atoms with E-state index in [4.69, 9.17) is 14.5 Å². The zero-order valence-corrected chi connectivity index (χ0v) is 17.5. The molecule has 0 aliphatic heterocycles. The summed E-state index contributed by atoms with van der Waals surface area (Å²) < 4.78 is 12.3. The van der Waals surface area contributed by atoms with Crippen LogP contribution in [0.15, 0.2) is 58.7 Å². The second kappa shape index (κ2) is 8.19. The molecule has 2 aromatic heterocycles. The van der Waals surface area contributed by atoms with E-state index >= 15 is 0 Å². The van der Waals surface area contributed by atoms with Crippen molar-refractivity contribution in [3.05, 3.63) is 69.8 Å². The molecular weight excluding hydrogens is 384 g/mol. The molecule has 2 aromatic carbocycles. The molecule has 0 saturated carbocycles. The normalized spacial score (nSPS) is 11.1. The van der Waals surface area contributed by atoms with E-state index in [1.165, 1.54) is 11.3 Å². The lowest BCUT2D eigenvalue weighted by Crippen LogP contribution is -2.25. The number of benzene rings is 2. The van der Waals surface area contributed by atoms with E-state index in [1.807, 2.05) is 60.8 Å². The van der Waals surface area contributed by atoms with Crippen LogP contribution >= 0.6 is 11.3 Å². The maximum atomic E-state index is 13.6. The predicted molar refractivity (Wildman–Crippen MR) is 118 cm³/mol. The van der Waals surface area contributed by atoms with Gasteiger partial charge >= 0.3 is 0 Å². The molecule has 0 aliphatic rings. The topological polar surface area (TPSA) is 53.4 Å². The monoisotopic (exact) mass is 406 g/mol. The Morgan fingerprint density at radius 1 is 1.07 bits per heavy atom. The third-order valence-corrected chi connectivity index (χ3v) is 5.74. The van der Waals surface area contributed by atoms with Gasteiger partial charge in [-0.05, 0) is 30.7 Å². The maximum absolute atomic E-state index is 13.6. The summed E-state index contributed by atoms with van der Waals surface area (Å²) in [5.74, 6) is 1.42. The first-order chi connectivity index (χ1) is 14.1. The number of hydrogen-bond donors (Lipinski definition) is 0. The minimum Gasteiger partial charge on any atom is -0.497 e. The van der Waals surface area contributed by atoms with E-state index in [0.717, 1.165) is 32.8 Å². The smallest absolute Gasteiger partial charge is 0.263 e. The first-order valence-electron chi connectivity index (χ1n) is 9.35. The maximum Gasteiger partial charge on any atom is 0.263 e.